The molecule has 0 atom stereocenters. The van der Waals surface area contributed by atoms with E-state index in [0.29, 0.717) is 5.13 Å². The van der Waals surface area contributed by atoms with E-state index in [4.69, 9.17) is 0 Å². The highest BCUT2D eigenvalue weighted by atomic mass is 32.1. The van der Waals surface area contributed by atoms with Gasteiger partial charge in [-0.2, -0.15) is 0 Å². The minimum absolute atomic E-state index is 0.117. The summed E-state index contributed by atoms with van der Waals surface area (Å²) in [4.78, 5) is 11.7. The van der Waals surface area contributed by atoms with Gasteiger partial charge in [0, 0.05) is 5.92 Å². The van der Waals surface area contributed by atoms with E-state index in [1.807, 2.05) is 6.92 Å². The normalized spacial score (nSPS) is 16.9. The van der Waals surface area contributed by atoms with E-state index in [1.54, 1.807) is 0 Å². The maximum absolute atomic E-state index is 11.7. The highest BCUT2D eigenvalue weighted by Gasteiger charge is 2.23. The molecule has 1 aliphatic carbocycles. The molecule has 1 aromatic rings. The lowest BCUT2D eigenvalue weighted by molar-refractivity contribution is -0.119. The summed E-state index contributed by atoms with van der Waals surface area (Å²) in [5.74, 6) is 0.310. The first-order valence-corrected chi connectivity index (χ1v) is 6.24. The lowest BCUT2D eigenvalue weighted by Crippen LogP contribution is -2.20. The monoisotopic (exact) mass is 225 g/mol. The molecule has 1 saturated carbocycles. The van der Waals surface area contributed by atoms with Crippen molar-refractivity contribution >= 4 is 22.4 Å². The molecule has 0 bridgehead atoms. The molecule has 1 N–H and O–H groups in total. The van der Waals surface area contributed by atoms with E-state index >= 15 is 0 Å². The predicted molar refractivity (Wildman–Crippen MR) is 59.9 cm³/mol. The quantitative estimate of drug-likeness (QED) is 0.858. The summed E-state index contributed by atoms with van der Waals surface area (Å²) in [5.41, 5.74) is 0. The Hall–Kier alpha value is -0.970. The Labute approximate surface area is 93.1 Å². The molecule has 1 heterocycles. The van der Waals surface area contributed by atoms with Crippen molar-refractivity contribution in [1.29, 1.82) is 0 Å². The van der Waals surface area contributed by atoms with Crippen molar-refractivity contribution in [2.24, 2.45) is 5.92 Å². The zero-order chi connectivity index (χ0) is 10.7. The van der Waals surface area contributed by atoms with Crippen LogP contribution < -0.4 is 5.32 Å². The van der Waals surface area contributed by atoms with Gasteiger partial charge < -0.3 is 5.32 Å². The fourth-order valence-corrected chi connectivity index (χ4v) is 2.52. The molecular formula is C10H15N3OS. The van der Waals surface area contributed by atoms with Crippen LogP contribution in [0.25, 0.3) is 0 Å². The van der Waals surface area contributed by atoms with Crippen LogP contribution in [0.5, 0.6) is 0 Å². The van der Waals surface area contributed by atoms with Crippen LogP contribution in [0, 0.1) is 5.92 Å². The Morgan fingerprint density at radius 1 is 1.47 bits per heavy atom. The van der Waals surface area contributed by atoms with Gasteiger partial charge in [-0.05, 0) is 19.3 Å². The molecule has 0 unspecified atom stereocenters. The number of nitrogens with one attached hydrogen (secondary N) is 1. The first-order chi connectivity index (χ1) is 7.29. The first kappa shape index (κ1) is 10.5. The van der Waals surface area contributed by atoms with E-state index in [1.165, 1.54) is 24.2 Å². The van der Waals surface area contributed by atoms with Crippen molar-refractivity contribution in [3.63, 3.8) is 0 Å². The number of anilines is 1. The highest BCUT2D eigenvalue weighted by molar-refractivity contribution is 7.15. The summed E-state index contributed by atoms with van der Waals surface area (Å²) in [6, 6.07) is 0. The van der Waals surface area contributed by atoms with E-state index in [0.717, 1.165) is 24.3 Å². The van der Waals surface area contributed by atoms with Crippen molar-refractivity contribution in [3.05, 3.63) is 5.01 Å². The van der Waals surface area contributed by atoms with Gasteiger partial charge in [-0.1, -0.05) is 31.1 Å². The van der Waals surface area contributed by atoms with Gasteiger partial charge in [0.05, 0.1) is 0 Å². The van der Waals surface area contributed by atoms with Gasteiger partial charge in [-0.25, -0.2) is 0 Å². The summed E-state index contributed by atoms with van der Waals surface area (Å²) < 4.78 is 0. The van der Waals surface area contributed by atoms with Crippen LogP contribution in [0.2, 0.25) is 0 Å². The molecule has 2 rings (SSSR count). The van der Waals surface area contributed by atoms with Crippen LogP contribution >= 0.6 is 11.3 Å². The summed E-state index contributed by atoms with van der Waals surface area (Å²) in [7, 11) is 0. The average molecular weight is 225 g/mol. The third-order valence-electron chi connectivity index (χ3n) is 2.73. The molecule has 5 heteroatoms. The molecule has 0 spiro atoms. The summed E-state index contributed by atoms with van der Waals surface area (Å²) in [5, 5.41) is 12.4. The third kappa shape index (κ3) is 2.53. The molecule has 1 fully saturated rings. The third-order valence-corrected chi connectivity index (χ3v) is 3.71. The molecule has 1 aromatic heterocycles. The van der Waals surface area contributed by atoms with Crippen LogP contribution in [-0.4, -0.2) is 16.1 Å². The minimum Gasteiger partial charge on any atom is -0.300 e. The van der Waals surface area contributed by atoms with Crippen molar-refractivity contribution in [1.82, 2.24) is 10.2 Å². The first-order valence-electron chi connectivity index (χ1n) is 5.43. The van der Waals surface area contributed by atoms with Gasteiger partial charge in [0.15, 0.2) is 0 Å². The van der Waals surface area contributed by atoms with Crippen molar-refractivity contribution in [2.45, 2.75) is 39.0 Å². The van der Waals surface area contributed by atoms with Gasteiger partial charge in [-0.15, -0.1) is 10.2 Å². The Morgan fingerprint density at radius 2 is 2.20 bits per heavy atom. The molecule has 0 radical (unpaired) electrons. The zero-order valence-electron chi connectivity index (χ0n) is 8.82. The molecule has 82 valence electrons. The van der Waals surface area contributed by atoms with E-state index in [2.05, 4.69) is 15.5 Å². The smallest absolute Gasteiger partial charge is 0.229 e. The van der Waals surface area contributed by atoms with E-state index < -0.39 is 0 Å². The van der Waals surface area contributed by atoms with Gasteiger partial charge in [0.1, 0.15) is 5.01 Å². The van der Waals surface area contributed by atoms with Gasteiger partial charge in [0.25, 0.3) is 0 Å². The number of carbonyl (C=O) groups is 1. The predicted octanol–water partition coefficient (Wildman–Crippen LogP) is 2.23. The van der Waals surface area contributed by atoms with Crippen LogP contribution in [0.4, 0.5) is 5.13 Å². The molecule has 4 nitrogen and oxygen atoms in total. The Bertz CT molecular complexity index is 344. The number of nitrogens with zero attached hydrogens (tertiary/aromatic N) is 2. The Balaban J connectivity index is 1.92. The van der Waals surface area contributed by atoms with Crippen LogP contribution in [0.1, 0.15) is 37.6 Å². The molecule has 0 aliphatic heterocycles. The highest BCUT2D eigenvalue weighted by Crippen LogP contribution is 2.26. The van der Waals surface area contributed by atoms with Gasteiger partial charge in [0.2, 0.25) is 11.0 Å². The van der Waals surface area contributed by atoms with E-state index in [-0.39, 0.29) is 11.8 Å². The number of rotatable bonds is 3. The largest absolute Gasteiger partial charge is 0.300 e. The standard InChI is InChI=1S/C10H15N3OS/c1-2-8-12-13-10(15-8)11-9(14)7-5-3-4-6-7/h7H,2-6H2,1H3,(H,11,13,14). The lowest BCUT2D eigenvalue weighted by Gasteiger charge is -2.06. The number of aryl methyl sites for hydroxylation is 1. The fourth-order valence-electron chi connectivity index (χ4n) is 1.84. The molecular weight excluding hydrogens is 210 g/mol. The second-order valence-corrected chi connectivity index (χ2v) is 4.89. The number of aromatic nitrogens is 2. The molecule has 0 aromatic carbocycles. The van der Waals surface area contributed by atoms with Crippen LogP contribution in [0.3, 0.4) is 0 Å². The maximum Gasteiger partial charge on any atom is 0.229 e. The number of hydrogen-bond acceptors (Lipinski definition) is 4. The summed E-state index contributed by atoms with van der Waals surface area (Å²) in [6.45, 7) is 2.03. The molecule has 1 amide bonds. The van der Waals surface area contributed by atoms with Crippen molar-refractivity contribution < 1.29 is 4.79 Å². The van der Waals surface area contributed by atoms with Crippen LogP contribution in [-0.2, 0) is 11.2 Å². The number of carbonyl (C=O) groups excluding carboxylic acids is 1. The Morgan fingerprint density at radius 3 is 2.80 bits per heavy atom. The van der Waals surface area contributed by atoms with Gasteiger partial charge in [-0.3, -0.25) is 4.79 Å². The van der Waals surface area contributed by atoms with Crippen molar-refractivity contribution in [3.8, 4) is 0 Å². The van der Waals surface area contributed by atoms with E-state index in [9.17, 15) is 4.79 Å². The molecule has 0 saturated heterocycles. The maximum atomic E-state index is 11.7. The average Bonchev–Trinajstić information content (AvgIpc) is 2.87. The van der Waals surface area contributed by atoms with Crippen LogP contribution in [0.15, 0.2) is 0 Å². The molecule has 1 aliphatic rings. The second kappa shape index (κ2) is 4.70. The Kier molecular flexibility index (Phi) is 3.30. The summed E-state index contributed by atoms with van der Waals surface area (Å²) in [6.07, 6.45) is 5.26. The minimum atomic E-state index is 0.117. The van der Waals surface area contributed by atoms with Crippen molar-refractivity contribution in [2.75, 3.05) is 5.32 Å². The number of hydrogen-bond donors (Lipinski definition) is 1. The number of amides is 1. The topological polar surface area (TPSA) is 54.9 Å². The zero-order valence-corrected chi connectivity index (χ0v) is 9.64. The SMILES string of the molecule is CCc1nnc(NC(=O)C2CCCC2)s1. The molecule has 15 heavy (non-hydrogen) atoms. The fraction of sp³-hybridized carbons (Fsp3) is 0.700. The van der Waals surface area contributed by atoms with Gasteiger partial charge >= 0.3 is 0 Å². The second-order valence-electron chi connectivity index (χ2n) is 3.83. The lowest BCUT2D eigenvalue weighted by atomic mass is 10.1. The summed E-state index contributed by atoms with van der Waals surface area (Å²) >= 11 is 1.47.